The molecule has 8 nitrogen and oxygen atoms in total. The summed E-state index contributed by atoms with van der Waals surface area (Å²) in [6.45, 7) is 8.40. The summed E-state index contributed by atoms with van der Waals surface area (Å²) in [5.74, 6) is -0.316. The normalized spacial score (nSPS) is 25.6. The zero-order valence-corrected chi connectivity index (χ0v) is 23.9. The Balaban J connectivity index is 1.31. The van der Waals surface area contributed by atoms with Crippen LogP contribution in [0.5, 0.6) is 0 Å². The predicted molar refractivity (Wildman–Crippen MR) is 153 cm³/mol. The molecule has 1 aliphatic carbocycles. The second-order valence-electron chi connectivity index (χ2n) is 11.1. The topological polar surface area (TPSA) is 88.8 Å². The van der Waals surface area contributed by atoms with Crippen LogP contribution in [-0.2, 0) is 9.53 Å². The molecular weight excluding hydrogens is 498 g/mol. The molecule has 1 unspecified atom stereocenters. The molecular formula is C29H39N5O3S. The van der Waals surface area contributed by atoms with Gasteiger partial charge in [-0.05, 0) is 83.9 Å². The number of allylic oxidation sites excluding steroid dienone is 1. The first-order valence-corrected chi connectivity index (χ1v) is 14.9. The van der Waals surface area contributed by atoms with Gasteiger partial charge in [0.05, 0.1) is 23.7 Å². The van der Waals surface area contributed by atoms with Gasteiger partial charge in [0.2, 0.25) is 0 Å². The summed E-state index contributed by atoms with van der Waals surface area (Å²) >= 11 is 1.53. The van der Waals surface area contributed by atoms with E-state index >= 15 is 0 Å². The third kappa shape index (κ3) is 5.33. The first-order valence-electron chi connectivity index (χ1n) is 13.7. The van der Waals surface area contributed by atoms with E-state index in [0.29, 0.717) is 29.4 Å². The standard InChI is InChI=1S/C29H39N5O3S/c1-17-13-25(38-5)24(28(35)32-17)14-31-29(36)26-19(3)34(27-23(26)7-6-12-30-27)18(2)20-8-10-21(11-9-20)37-22-15-33(4)16-22/h6-7,12-13,18,20-22,24H,8-11,14-16H2,1-5H3,(H,31,36)/t18-,20?,21?,24?/m1/s1. The summed E-state index contributed by atoms with van der Waals surface area (Å²) < 4.78 is 8.57. The lowest BCUT2D eigenvalue weighted by Gasteiger charge is -2.40. The number of thioether (sulfide) groups is 1. The van der Waals surface area contributed by atoms with Gasteiger partial charge in [-0.15, -0.1) is 11.8 Å². The minimum Gasteiger partial charge on any atom is -0.372 e. The van der Waals surface area contributed by atoms with Gasteiger partial charge in [-0.1, -0.05) is 0 Å². The van der Waals surface area contributed by atoms with Crippen molar-refractivity contribution >= 4 is 40.3 Å². The van der Waals surface area contributed by atoms with Crippen LogP contribution in [0.2, 0.25) is 0 Å². The minimum atomic E-state index is -0.443. The Morgan fingerprint density at radius 3 is 2.63 bits per heavy atom. The van der Waals surface area contributed by atoms with Gasteiger partial charge in [0.1, 0.15) is 5.65 Å². The van der Waals surface area contributed by atoms with E-state index in [2.05, 4.69) is 33.7 Å². The number of hydrogen-bond donors (Lipinski definition) is 1. The Morgan fingerprint density at radius 2 is 1.95 bits per heavy atom. The number of fused-ring (bicyclic) bond motifs is 1. The maximum Gasteiger partial charge on any atom is 0.255 e. The highest BCUT2D eigenvalue weighted by molar-refractivity contribution is 8.02. The average Bonchev–Trinajstić information content (AvgIpc) is 3.18. The Labute approximate surface area is 229 Å². The smallest absolute Gasteiger partial charge is 0.255 e. The SMILES string of the molecule is CSC1=CC(C)=NC(=O)C1CNC(=O)c1c(C)n([C@H](C)C2CCC(OC3CN(C)C3)CC2)c2ncccc12. The number of pyridine rings is 1. The van der Waals surface area contributed by atoms with Crippen LogP contribution in [0.1, 0.15) is 61.6 Å². The van der Waals surface area contributed by atoms with Crippen LogP contribution in [0.3, 0.4) is 0 Å². The van der Waals surface area contributed by atoms with Crippen molar-refractivity contribution in [3.05, 3.63) is 40.6 Å². The van der Waals surface area contributed by atoms with Gasteiger partial charge < -0.3 is 19.5 Å². The second-order valence-corrected chi connectivity index (χ2v) is 11.9. The van der Waals surface area contributed by atoms with E-state index < -0.39 is 5.92 Å². The Hall–Kier alpha value is -2.49. The summed E-state index contributed by atoms with van der Waals surface area (Å²) in [5, 5.41) is 3.89. The number of amides is 2. The van der Waals surface area contributed by atoms with E-state index in [1.165, 1.54) is 11.8 Å². The molecule has 0 bridgehead atoms. The molecule has 9 heteroatoms. The average molecular weight is 538 g/mol. The summed E-state index contributed by atoms with van der Waals surface area (Å²) in [6, 6.07) is 4.07. The molecule has 38 heavy (non-hydrogen) atoms. The molecule has 5 rings (SSSR count). The monoisotopic (exact) mass is 537 g/mol. The molecule has 0 spiro atoms. The van der Waals surface area contributed by atoms with E-state index in [1.54, 1.807) is 6.20 Å². The summed E-state index contributed by atoms with van der Waals surface area (Å²) in [4.78, 5) is 38.2. The van der Waals surface area contributed by atoms with Gasteiger partial charge in [0, 0.05) is 53.6 Å². The fourth-order valence-electron chi connectivity index (χ4n) is 6.35. The zero-order chi connectivity index (χ0) is 27.0. The van der Waals surface area contributed by atoms with Crippen molar-refractivity contribution < 1.29 is 14.3 Å². The molecule has 1 saturated carbocycles. The number of rotatable bonds is 8. The van der Waals surface area contributed by atoms with Gasteiger partial charge in [0.15, 0.2) is 0 Å². The van der Waals surface area contributed by atoms with Gasteiger partial charge >= 0.3 is 0 Å². The number of dihydropyridines is 1. The number of nitrogens with zero attached hydrogens (tertiary/aromatic N) is 4. The number of carbonyl (C=O) groups excluding carboxylic acids is 2. The van der Waals surface area contributed by atoms with Crippen molar-refractivity contribution in [3.8, 4) is 0 Å². The number of aromatic nitrogens is 2. The van der Waals surface area contributed by atoms with Gasteiger partial charge in [-0.3, -0.25) is 9.59 Å². The fraction of sp³-hybridized carbons (Fsp3) is 0.586. The molecule has 3 aliphatic rings. The van der Waals surface area contributed by atoms with Crippen molar-refractivity contribution in [2.45, 2.75) is 64.7 Å². The maximum atomic E-state index is 13.6. The van der Waals surface area contributed by atoms with E-state index in [0.717, 1.165) is 60.4 Å². The van der Waals surface area contributed by atoms with Crippen molar-refractivity contribution in [2.75, 3.05) is 32.9 Å². The molecule has 2 atom stereocenters. The van der Waals surface area contributed by atoms with Crippen molar-refractivity contribution in [1.29, 1.82) is 0 Å². The lowest BCUT2D eigenvalue weighted by molar-refractivity contribution is -0.120. The van der Waals surface area contributed by atoms with Crippen LogP contribution >= 0.6 is 11.8 Å². The highest BCUT2D eigenvalue weighted by Crippen LogP contribution is 2.38. The molecule has 4 heterocycles. The van der Waals surface area contributed by atoms with Crippen molar-refractivity contribution in [3.63, 3.8) is 0 Å². The van der Waals surface area contributed by atoms with Crippen LogP contribution in [0.25, 0.3) is 11.0 Å². The van der Waals surface area contributed by atoms with E-state index in [9.17, 15) is 9.59 Å². The fourth-order valence-corrected chi connectivity index (χ4v) is 7.10. The van der Waals surface area contributed by atoms with Gasteiger partial charge in [-0.2, -0.15) is 0 Å². The predicted octanol–water partition coefficient (Wildman–Crippen LogP) is 4.39. The van der Waals surface area contributed by atoms with E-state index in [-0.39, 0.29) is 24.4 Å². The van der Waals surface area contributed by atoms with Crippen molar-refractivity contribution in [2.24, 2.45) is 16.8 Å². The van der Waals surface area contributed by atoms with E-state index in [1.807, 2.05) is 38.3 Å². The molecule has 2 fully saturated rings. The van der Waals surface area contributed by atoms with Crippen LogP contribution < -0.4 is 5.32 Å². The Morgan fingerprint density at radius 1 is 1.21 bits per heavy atom. The quantitative estimate of drug-likeness (QED) is 0.537. The minimum absolute atomic E-state index is 0.173. The zero-order valence-electron chi connectivity index (χ0n) is 23.1. The highest BCUT2D eigenvalue weighted by atomic mass is 32.2. The number of likely N-dealkylation sites (tertiary alicyclic amines) is 1. The van der Waals surface area contributed by atoms with Gasteiger partial charge in [0.25, 0.3) is 11.8 Å². The van der Waals surface area contributed by atoms with Crippen LogP contribution in [0.15, 0.2) is 34.3 Å². The van der Waals surface area contributed by atoms with Crippen LogP contribution in [0, 0.1) is 18.8 Å². The number of carbonyl (C=O) groups is 2. The number of likely N-dealkylation sites (N-methyl/N-ethyl adjacent to an activating group) is 1. The lowest BCUT2D eigenvalue weighted by Crippen LogP contribution is -2.51. The molecule has 2 amide bonds. The number of ether oxygens (including phenoxy) is 1. The molecule has 2 aliphatic heterocycles. The maximum absolute atomic E-state index is 13.6. The molecule has 0 radical (unpaired) electrons. The number of hydrogen-bond acceptors (Lipinski definition) is 6. The third-order valence-electron chi connectivity index (χ3n) is 8.44. The number of aliphatic imine (C=N–C) groups is 1. The summed E-state index contributed by atoms with van der Waals surface area (Å²) in [7, 11) is 2.13. The molecule has 1 saturated heterocycles. The molecule has 204 valence electrons. The second kappa shape index (κ2) is 11.3. The highest BCUT2D eigenvalue weighted by Gasteiger charge is 2.34. The van der Waals surface area contributed by atoms with E-state index in [4.69, 9.17) is 9.72 Å². The van der Waals surface area contributed by atoms with Crippen LogP contribution in [-0.4, -0.2) is 77.1 Å². The Bertz CT molecular complexity index is 1270. The Kier molecular flexibility index (Phi) is 8.07. The summed E-state index contributed by atoms with van der Waals surface area (Å²) in [6.07, 6.45) is 10.8. The van der Waals surface area contributed by atoms with Crippen LogP contribution in [0.4, 0.5) is 0 Å². The first-order chi connectivity index (χ1) is 18.3. The largest absolute Gasteiger partial charge is 0.372 e. The number of nitrogens with one attached hydrogen (secondary N) is 1. The summed E-state index contributed by atoms with van der Waals surface area (Å²) in [5.41, 5.74) is 3.11. The third-order valence-corrected chi connectivity index (χ3v) is 9.31. The molecule has 0 aromatic carbocycles. The first kappa shape index (κ1) is 27.1. The van der Waals surface area contributed by atoms with Gasteiger partial charge in [-0.25, -0.2) is 9.98 Å². The molecule has 1 N–H and O–H groups in total. The van der Waals surface area contributed by atoms with Crippen molar-refractivity contribution in [1.82, 2.24) is 19.8 Å². The lowest BCUT2D eigenvalue weighted by atomic mass is 9.82. The molecule has 2 aromatic heterocycles. The molecule has 2 aromatic rings.